The fraction of sp³-hybridized carbons (Fsp3) is 0.308. The third kappa shape index (κ3) is 1.81. The van der Waals surface area contributed by atoms with Crippen molar-refractivity contribution in [2.45, 2.75) is 26.3 Å². The van der Waals surface area contributed by atoms with Crippen molar-refractivity contribution in [3.63, 3.8) is 0 Å². The van der Waals surface area contributed by atoms with Crippen molar-refractivity contribution in [2.75, 3.05) is 0 Å². The molecule has 3 heteroatoms. The Balaban J connectivity index is 2.53. The van der Waals surface area contributed by atoms with Crippen LogP contribution in [0, 0.1) is 0 Å². The Kier molecular flexibility index (Phi) is 2.95. The molecule has 3 nitrogen and oxygen atoms in total. The molecule has 0 fully saturated rings. The Morgan fingerprint density at radius 1 is 1.38 bits per heavy atom. The topological polar surface area (TPSA) is 42.2 Å². The highest BCUT2D eigenvalue weighted by Gasteiger charge is 2.12. The molecular weight excluding hydrogens is 202 g/mol. The second-order valence-electron chi connectivity index (χ2n) is 3.91. The van der Waals surface area contributed by atoms with Gasteiger partial charge in [0.05, 0.1) is 5.56 Å². The molecule has 0 aliphatic carbocycles. The number of para-hydroxylation sites is 1. The Morgan fingerprint density at radius 3 is 2.81 bits per heavy atom. The van der Waals surface area contributed by atoms with Crippen molar-refractivity contribution in [1.82, 2.24) is 4.57 Å². The Hall–Kier alpha value is -1.77. The van der Waals surface area contributed by atoms with Crippen molar-refractivity contribution in [3.8, 4) is 0 Å². The summed E-state index contributed by atoms with van der Waals surface area (Å²) in [4.78, 5) is 11.1. The number of fused-ring (bicyclic) bond motifs is 1. The average Bonchev–Trinajstić information content (AvgIpc) is 2.65. The maximum absolute atomic E-state index is 11.1. The Bertz CT molecular complexity index is 514. The number of carboxylic acid groups (broad SMARTS) is 1. The SMILES string of the molecule is CCCCn1cc(C(=O)O)c2ccccc21. The third-order valence-electron chi connectivity index (χ3n) is 2.77. The average molecular weight is 217 g/mol. The number of rotatable bonds is 4. The minimum absolute atomic E-state index is 0.395. The highest BCUT2D eigenvalue weighted by molar-refractivity contribution is 6.03. The minimum Gasteiger partial charge on any atom is -0.478 e. The van der Waals surface area contributed by atoms with E-state index in [0.717, 1.165) is 30.3 Å². The normalized spacial score (nSPS) is 10.8. The lowest BCUT2D eigenvalue weighted by molar-refractivity contribution is 0.0699. The fourth-order valence-electron chi connectivity index (χ4n) is 1.93. The molecule has 16 heavy (non-hydrogen) atoms. The predicted molar refractivity (Wildman–Crippen MR) is 63.8 cm³/mol. The number of aromatic carboxylic acids is 1. The number of hydrogen-bond donors (Lipinski definition) is 1. The summed E-state index contributed by atoms with van der Waals surface area (Å²) < 4.78 is 2.03. The second-order valence-corrected chi connectivity index (χ2v) is 3.91. The van der Waals surface area contributed by atoms with E-state index in [4.69, 9.17) is 5.11 Å². The molecule has 0 radical (unpaired) electrons. The van der Waals surface area contributed by atoms with Gasteiger partial charge in [0.15, 0.2) is 0 Å². The van der Waals surface area contributed by atoms with Gasteiger partial charge in [-0.1, -0.05) is 31.5 Å². The van der Waals surface area contributed by atoms with E-state index in [-0.39, 0.29) is 0 Å². The molecule has 2 aromatic rings. The van der Waals surface area contributed by atoms with Crippen LogP contribution in [0.2, 0.25) is 0 Å². The highest BCUT2D eigenvalue weighted by atomic mass is 16.4. The number of unbranched alkanes of at least 4 members (excludes halogenated alkanes) is 1. The zero-order valence-electron chi connectivity index (χ0n) is 9.31. The first-order valence-electron chi connectivity index (χ1n) is 5.55. The largest absolute Gasteiger partial charge is 0.478 e. The first kappa shape index (κ1) is 10.7. The third-order valence-corrected chi connectivity index (χ3v) is 2.77. The van der Waals surface area contributed by atoms with Crippen molar-refractivity contribution in [2.24, 2.45) is 0 Å². The summed E-state index contributed by atoms with van der Waals surface area (Å²) in [5.41, 5.74) is 1.40. The van der Waals surface area contributed by atoms with E-state index in [1.165, 1.54) is 0 Å². The molecule has 84 valence electrons. The quantitative estimate of drug-likeness (QED) is 0.854. The van der Waals surface area contributed by atoms with Gasteiger partial charge >= 0.3 is 5.97 Å². The predicted octanol–water partition coefficient (Wildman–Crippen LogP) is 3.14. The van der Waals surface area contributed by atoms with Gasteiger partial charge in [-0.2, -0.15) is 0 Å². The molecule has 1 heterocycles. The minimum atomic E-state index is -0.855. The van der Waals surface area contributed by atoms with Crippen LogP contribution in [0.15, 0.2) is 30.5 Å². The van der Waals surface area contributed by atoms with Crippen LogP contribution in [0.25, 0.3) is 10.9 Å². The van der Waals surface area contributed by atoms with Crippen LogP contribution in [-0.2, 0) is 6.54 Å². The molecule has 1 aromatic carbocycles. The molecule has 1 N–H and O–H groups in total. The molecule has 0 bridgehead atoms. The lowest BCUT2D eigenvalue weighted by Crippen LogP contribution is -1.96. The summed E-state index contributed by atoms with van der Waals surface area (Å²) in [6, 6.07) is 7.65. The molecule has 0 saturated carbocycles. The van der Waals surface area contributed by atoms with Crippen molar-refractivity contribution >= 4 is 16.9 Å². The van der Waals surface area contributed by atoms with Gasteiger partial charge in [-0.15, -0.1) is 0 Å². The summed E-state index contributed by atoms with van der Waals surface area (Å²) in [6.07, 6.45) is 3.91. The fourth-order valence-corrected chi connectivity index (χ4v) is 1.93. The maximum atomic E-state index is 11.1. The standard InChI is InChI=1S/C13H15NO2/c1-2-3-8-14-9-11(13(15)16)10-6-4-5-7-12(10)14/h4-7,9H,2-3,8H2,1H3,(H,15,16). The molecule has 0 atom stereocenters. The second kappa shape index (κ2) is 4.39. The Labute approximate surface area is 94.3 Å². The number of benzene rings is 1. The molecule has 0 aliphatic rings. The van der Waals surface area contributed by atoms with Crippen LogP contribution in [0.4, 0.5) is 0 Å². The summed E-state index contributed by atoms with van der Waals surface area (Å²) >= 11 is 0. The molecule has 0 aliphatic heterocycles. The summed E-state index contributed by atoms with van der Waals surface area (Å²) in [7, 11) is 0. The summed E-state index contributed by atoms with van der Waals surface area (Å²) in [5, 5.41) is 9.93. The van der Waals surface area contributed by atoms with E-state index in [1.54, 1.807) is 6.20 Å². The van der Waals surface area contributed by atoms with E-state index in [0.29, 0.717) is 5.56 Å². The number of carbonyl (C=O) groups is 1. The van der Waals surface area contributed by atoms with Gasteiger partial charge in [0, 0.05) is 23.6 Å². The van der Waals surface area contributed by atoms with Crippen molar-refractivity contribution < 1.29 is 9.90 Å². The first-order valence-corrected chi connectivity index (χ1v) is 5.55. The van der Waals surface area contributed by atoms with Gasteiger partial charge in [-0.3, -0.25) is 0 Å². The van der Waals surface area contributed by atoms with Gasteiger partial charge in [0.1, 0.15) is 0 Å². The molecule has 1 aromatic heterocycles. The van der Waals surface area contributed by atoms with E-state index >= 15 is 0 Å². The lowest BCUT2D eigenvalue weighted by Gasteiger charge is -2.02. The maximum Gasteiger partial charge on any atom is 0.337 e. The number of aromatic nitrogens is 1. The number of carboxylic acids is 1. The zero-order chi connectivity index (χ0) is 11.5. The molecule has 0 spiro atoms. The number of hydrogen-bond acceptors (Lipinski definition) is 1. The van der Waals surface area contributed by atoms with Crippen LogP contribution in [0.3, 0.4) is 0 Å². The Morgan fingerprint density at radius 2 is 2.12 bits per heavy atom. The number of nitrogens with zero attached hydrogens (tertiary/aromatic N) is 1. The smallest absolute Gasteiger partial charge is 0.337 e. The molecule has 0 unspecified atom stereocenters. The van der Waals surface area contributed by atoms with Crippen molar-refractivity contribution in [3.05, 3.63) is 36.0 Å². The molecule has 0 saturated heterocycles. The highest BCUT2D eigenvalue weighted by Crippen LogP contribution is 2.21. The van der Waals surface area contributed by atoms with Crippen molar-refractivity contribution in [1.29, 1.82) is 0 Å². The van der Waals surface area contributed by atoms with Crippen LogP contribution < -0.4 is 0 Å². The van der Waals surface area contributed by atoms with E-state index in [2.05, 4.69) is 6.92 Å². The summed E-state index contributed by atoms with van der Waals surface area (Å²) in [6.45, 7) is 3.01. The monoisotopic (exact) mass is 217 g/mol. The van der Waals surface area contributed by atoms with Crippen LogP contribution in [-0.4, -0.2) is 15.6 Å². The number of aryl methyl sites for hydroxylation is 1. The molecule has 0 amide bonds. The van der Waals surface area contributed by atoms with Crippen LogP contribution >= 0.6 is 0 Å². The van der Waals surface area contributed by atoms with Crippen LogP contribution in [0.1, 0.15) is 30.1 Å². The zero-order valence-corrected chi connectivity index (χ0v) is 9.31. The van der Waals surface area contributed by atoms with Gasteiger partial charge in [0.2, 0.25) is 0 Å². The van der Waals surface area contributed by atoms with Gasteiger partial charge < -0.3 is 9.67 Å². The lowest BCUT2D eigenvalue weighted by atomic mass is 10.2. The van der Waals surface area contributed by atoms with Gasteiger partial charge in [-0.25, -0.2) is 4.79 Å². The molecular formula is C13H15NO2. The first-order chi connectivity index (χ1) is 7.74. The van der Waals surface area contributed by atoms with E-state index in [1.807, 2.05) is 28.8 Å². The summed E-state index contributed by atoms with van der Waals surface area (Å²) in [5.74, 6) is -0.855. The van der Waals surface area contributed by atoms with Gasteiger partial charge in [0.25, 0.3) is 0 Å². The van der Waals surface area contributed by atoms with E-state index < -0.39 is 5.97 Å². The van der Waals surface area contributed by atoms with Gasteiger partial charge in [-0.05, 0) is 12.5 Å². The van der Waals surface area contributed by atoms with E-state index in [9.17, 15) is 4.79 Å². The van der Waals surface area contributed by atoms with Crippen LogP contribution in [0.5, 0.6) is 0 Å². The molecule has 2 rings (SSSR count).